The van der Waals surface area contributed by atoms with Gasteiger partial charge in [-0.15, -0.1) is 0 Å². The molecule has 0 amide bonds. The van der Waals surface area contributed by atoms with Gasteiger partial charge < -0.3 is 5.11 Å². The lowest BCUT2D eigenvalue weighted by atomic mass is 10.2. The molecule has 0 aliphatic rings. The number of thioether (sulfide) groups is 1. The van der Waals surface area contributed by atoms with Crippen molar-refractivity contribution in [1.29, 1.82) is 0 Å². The maximum atomic E-state index is 8.63. The van der Waals surface area contributed by atoms with Gasteiger partial charge in [-0.1, -0.05) is 48.5 Å². The predicted molar refractivity (Wildman–Crippen MR) is 71.8 cm³/mol. The van der Waals surface area contributed by atoms with Gasteiger partial charge in [0.2, 0.25) is 0 Å². The van der Waals surface area contributed by atoms with E-state index in [9.17, 15) is 0 Å². The van der Waals surface area contributed by atoms with E-state index in [1.807, 2.05) is 23.9 Å². The first kappa shape index (κ1) is 12.7. The molecule has 0 aliphatic carbocycles. The highest BCUT2D eigenvalue weighted by molar-refractivity contribution is 7.97. The fraction of sp³-hybridized carbons (Fsp3) is 0.143. The summed E-state index contributed by atoms with van der Waals surface area (Å²) in [6.45, 7) is 0. The average Bonchev–Trinajstić information content (AvgIpc) is 2.33. The number of phenolic OH excluding ortho intramolecular Hbond substituents is 1. The van der Waals surface area contributed by atoms with Crippen molar-refractivity contribution in [3.8, 4) is 5.75 Å². The third kappa shape index (κ3) is 5.47. The fourth-order valence-electron chi connectivity index (χ4n) is 1.17. The van der Waals surface area contributed by atoms with Crippen molar-refractivity contribution < 1.29 is 5.11 Å². The molecule has 1 N–H and O–H groups in total. The second-order valence-electron chi connectivity index (χ2n) is 3.25. The van der Waals surface area contributed by atoms with E-state index in [1.54, 1.807) is 24.3 Å². The molecule has 0 bridgehead atoms. The van der Waals surface area contributed by atoms with E-state index < -0.39 is 0 Å². The van der Waals surface area contributed by atoms with E-state index >= 15 is 0 Å². The predicted octanol–water partition coefficient (Wildman–Crippen LogP) is 3.94. The van der Waals surface area contributed by atoms with Gasteiger partial charge in [0.25, 0.3) is 0 Å². The van der Waals surface area contributed by atoms with Crippen molar-refractivity contribution in [2.24, 2.45) is 0 Å². The number of para-hydroxylation sites is 1. The topological polar surface area (TPSA) is 20.2 Å². The zero-order valence-corrected chi connectivity index (χ0v) is 10.2. The maximum absolute atomic E-state index is 8.63. The van der Waals surface area contributed by atoms with Crippen LogP contribution in [0.15, 0.2) is 60.7 Å². The summed E-state index contributed by atoms with van der Waals surface area (Å²) in [5.74, 6) is 1.45. The Morgan fingerprint density at radius 2 is 1.38 bits per heavy atom. The van der Waals surface area contributed by atoms with Gasteiger partial charge in [-0.2, -0.15) is 11.8 Å². The monoisotopic (exact) mass is 232 g/mol. The van der Waals surface area contributed by atoms with Crippen LogP contribution >= 0.6 is 11.8 Å². The van der Waals surface area contributed by atoms with Gasteiger partial charge in [-0.25, -0.2) is 0 Å². The maximum Gasteiger partial charge on any atom is 0.115 e. The lowest BCUT2D eigenvalue weighted by molar-refractivity contribution is 0.475. The summed E-state index contributed by atoms with van der Waals surface area (Å²) < 4.78 is 0. The quantitative estimate of drug-likeness (QED) is 0.846. The second kappa shape index (κ2) is 7.83. The largest absolute Gasteiger partial charge is 0.508 e. The molecule has 0 atom stereocenters. The summed E-state index contributed by atoms with van der Waals surface area (Å²) in [7, 11) is 0. The molecule has 2 heteroatoms. The molecule has 2 aromatic carbocycles. The Morgan fingerprint density at radius 1 is 0.875 bits per heavy atom. The van der Waals surface area contributed by atoms with Gasteiger partial charge in [0.15, 0.2) is 0 Å². The Labute approximate surface area is 101 Å². The molecule has 0 saturated carbocycles. The van der Waals surface area contributed by atoms with E-state index in [0.29, 0.717) is 5.75 Å². The van der Waals surface area contributed by atoms with Crippen LogP contribution < -0.4 is 0 Å². The highest BCUT2D eigenvalue weighted by Gasteiger charge is 1.84. The highest BCUT2D eigenvalue weighted by atomic mass is 32.2. The summed E-state index contributed by atoms with van der Waals surface area (Å²) in [6.07, 6.45) is 2.12. The van der Waals surface area contributed by atoms with Gasteiger partial charge >= 0.3 is 0 Å². The summed E-state index contributed by atoms with van der Waals surface area (Å²) in [5, 5.41) is 8.63. The molecular formula is C14H16OS. The number of aromatic hydroxyl groups is 1. The molecule has 0 radical (unpaired) electrons. The van der Waals surface area contributed by atoms with Crippen molar-refractivity contribution in [2.45, 2.75) is 5.75 Å². The zero-order valence-electron chi connectivity index (χ0n) is 9.34. The van der Waals surface area contributed by atoms with Gasteiger partial charge in [0, 0.05) is 5.75 Å². The van der Waals surface area contributed by atoms with E-state index in [1.165, 1.54) is 5.56 Å². The smallest absolute Gasteiger partial charge is 0.115 e. The summed E-state index contributed by atoms with van der Waals surface area (Å²) >= 11 is 1.85. The standard InChI is InChI=1S/C8H10S.C6H6O/c1-9-7-8-5-3-2-4-6-8;7-6-4-2-1-3-5-6/h2-6H,7H2,1H3;1-5,7H. The van der Waals surface area contributed by atoms with Crippen LogP contribution in [0, 0.1) is 0 Å². The highest BCUT2D eigenvalue weighted by Crippen LogP contribution is 2.06. The van der Waals surface area contributed by atoms with E-state index in [0.717, 1.165) is 5.75 Å². The first-order valence-electron chi connectivity index (χ1n) is 5.10. The summed E-state index contributed by atoms with van der Waals surface area (Å²) in [6, 6.07) is 19.2. The second-order valence-corrected chi connectivity index (χ2v) is 4.12. The van der Waals surface area contributed by atoms with Gasteiger partial charge in [0.1, 0.15) is 5.75 Å². The van der Waals surface area contributed by atoms with Gasteiger partial charge in [-0.05, 0) is 24.0 Å². The number of rotatable bonds is 2. The molecule has 0 heterocycles. The van der Waals surface area contributed by atoms with Crippen molar-refractivity contribution in [2.75, 3.05) is 6.26 Å². The number of phenols is 1. The van der Waals surface area contributed by atoms with Crippen LogP contribution in [-0.2, 0) is 5.75 Å². The molecule has 1 nitrogen and oxygen atoms in total. The molecule has 0 spiro atoms. The minimum atomic E-state index is 0.322. The fourth-order valence-corrected chi connectivity index (χ4v) is 1.69. The molecule has 16 heavy (non-hydrogen) atoms. The molecule has 0 saturated heterocycles. The molecule has 2 aromatic rings. The Kier molecular flexibility index (Phi) is 6.19. The van der Waals surface area contributed by atoms with Crippen molar-refractivity contribution in [3.05, 3.63) is 66.2 Å². The minimum absolute atomic E-state index is 0.322. The third-order valence-electron chi connectivity index (χ3n) is 1.91. The Hall–Kier alpha value is -1.41. The van der Waals surface area contributed by atoms with Crippen LogP contribution in [0.5, 0.6) is 5.75 Å². The van der Waals surface area contributed by atoms with Crippen molar-refractivity contribution in [1.82, 2.24) is 0 Å². The lowest BCUT2D eigenvalue weighted by Crippen LogP contribution is -1.74. The number of benzene rings is 2. The van der Waals surface area contributed by atoms with Gasteiger partial charge in [0.05, 0.1) is 0 Å². The van der Waals surface area contributed by atoms with Crippen LogP contribution in [-0.4, -0.2) is 11.4 Å². The summed E-state index contributed by atoms with van der Waals surface area (Å²) in [4.78, 5) is 0. The molecular weight excluding hydrogens is 216 g/mol. The van der Waals surface area contributed by atoms with Crippen molar-refractivity contribution >= 4 is 11.8 Å². The van der Waals surface area contributed by atoms with Crippen molar-refractivity contribution in [3.63, 3.8) is 0 Å². The van der Waals surface area contributed by atoms with Crippen LogP contribution in [0.3, 0.4) is 0 Å². The lowest BCUT2D eigenvalue weighted by Gasteiger charge is -1.93. The Balaban J connectivity index is 0.000000165. The molecule has 84 valence electrons. The third-order valence-corrected chi connectivity index (χ3v) is 2.53. The molecule has 0 unspecified atom stereocenters. The first-order chi connectivity index (χ1) is 7.83. The first-order valence-corrected chi connectivity index (χ1v) is 6.49. The van der Waals surface area contributed by atoms with Crippen LogP contribution in [0.4, 0.5) is 0 Å². The molecule has 0 fully saturated rings. The number of hydrogen-bond acceptors (Lipinski definition) is 2. The van der Waals surface area contributed by atoms with Crippen LogP contribution in [0.2, 0.25) is 0 Å². The average molecular weight is 232 g/mol. The zero-order chi connectivity index (χ0) is 11.6. The molecule has 2 rings (SSSR count). The van der Waals surface area contributed by atoms with Crippen LogP contribution in [0.25, 0.3) is 0 Å². The van der Waals surface area contributed by atoms with E-state index in [2.05, 4.69) is 30.5 Å². The van der Waals surface area contributed by atoms with Gasteiger partial charge in [-0.3, -0.25) is 0 Å². The van der Waals surface area contributed by atoms with E-state index in [-0.39, 0.29) is 0 Å². The molecule has 0 aromatic heterocycles. The van der Waals surface area contributed by atoms with E-state index in [4.69, 9.17) is 5.11 Å². The summed E-state index contributed by atoms with van der Waals surface area (Å²) in [5.41, 5.74) is 1.41. The minimum Gasteiger partial charge on any atom is -0.508 e. The Bertz CT molecular complexity index is 372. The molecule has 0 aliphatic heterocycles. The SMILES string of the molecule is CSCc1ccccc1.Oc1ccccc1. The number of hydrogen-bond donors (Lipinski definition) is 1. The Morgan fingerprint density at radius 3 is 1.75 bits per heavy atom. The normalized spacial score (nSPS) is 9.06. The van der Waals surface area contributed by atoms with Crippen LogP contribution in [0.1, 0.15) is 5.56 Å².